The Hall–Kier alpha value is -1.82. The summed E-state index contributed by atoms with van der Waals surface area (Å²) in [7, 11) is 0. The number of benzene rings is 1. The van der Waals surface area contributed by atoms with E-state index in [0.29, 0.717) is 16.8 Å². The van der Waals surface area contributed by atoms with Crippen LogP contribution in [0.2, 0.25) is 0 Å². The fraction of sp³-hybridized carbons (Fsp3) is 0.353. The first-order valence-corrected chi connectivity index (χ1v) is 8.42. The van der Waals surface area contributed by atoms with Crippen LogP contribution in [0, 0.1) is 5.92 Å². The Bertz CT molecular complexity index is 845. The SMILES string of the molecule is FC(F)(F)c1ccc2cc(-c3csc(CCC4CC4)n3)oc2c1. The number of alkyl halides is 3. The molecule has 0 unspecified atom stereocenters. The van der Waals surface area contributed by atoms with Crippen molar-refractivity contribution >= 4 is 22.3 Å². The number of aromatic nitrogens is 1. The molecule has 0 saturated heterocycles. The molecule has 2 heterocycles. The molecule has 0 spiro atoms. The van der Waals surface area contributed by atoms with Gasteiger partial charge in [-0.25, -0.2) is 4.98 Å². The first kappa shape index (κ1) is 14.8. The summed E-state index contributed by atoms with van der Waals surface area (Å²) in [5.74, 6) is 1.38. The average molecular weight is 337 g/mol. The van der Waals surface area contributed by atoms with Crippen molar-refractivity contribution in [1.29, 1.82) is 0 Å². The van der Waals surface area contributed by atoms with Crippen molar-refractivity contribution in [2.75, 3.05) is 0 Å². The summed E-state index contributed by atoms with van der Waals surface area (Å²) >= 11 is 1.58. The molecule has 1 fully saturated rings. The highest BCUT2D eigenvalue weighted by Crippen LogP contribution is 2.36. The average Bonchev–Trinajstić information content (AvgIpc) is 3.05. The van der Waals surface area contributed by atoms with Gasteiger partial charge in [-0.15, -0.1) is 11.3 Å². The van der Waals surface area contributed by atoms with E-state index in [4.69, 9.17) is 4.42 Å². The van der Waals surface area contributed by atoms with Gasteiger partial charge in [-0.2, -0.15) is 13.2 Å². The number of fused-ring (bicyclic) bond motifs is 1. The fourth-order valence-electron chi connectivity index (χ4n) is 2.61. The normalized spacial score (nSPS) is 15.4. The topological polar surface area (TPSA) is 26.0 Å². The number of furan rings is 1. The molecule has 1 aliphatic carbocycles. The van der Waals surface area contributed by atoms with Crippen LogP contribution in [0.3, 0.4) is 0 Å². The molecule has 3 aromatic rings. The van der Waals surface area contributed by atoms with Gasteiger partial charge in [0.1, 0.15) is 11.3 Å². The van der Waals surface area contributed by atoms with Crippen molar-refractivity contribution in [3.8, 4) is 11.5 Å². The van der Waals surface area contributed by atoms with Crippen LogP contribution < -0.4 is 0 Å². The van der Waals surface area contributed by atoms with Gasteiger partial charge >= 0.3 is 6.18 Å². The summed E-state index contributed by atoms with van der Waals surface area (Å²) in [4.78, 5) is 4.55. The third-order valence-corrected chi connectivity index (χ3v) is 5.02. The maximum atomic E-state index is 12.8. The number of halogens is 3. The van der Waals surface area contributed by atoms with E-state index in [1.807, 2.05) is 5.38 Å². The minimum absolute atomic E-state index is 0.238. The number of hydrogen-bond acceptors (Lipinski definition) is 3. The van der Waals surface area contributed by atoms with Gasteiger partial charge in [0.25, 0.3) is 0 Å². The molecule has 1 aliphatic rings. The lowest BCUT2D eigenvalue weighted by Gasteiger charge is -2.04. The zero-order valence-corrected chi connectivity index (χ0v) is 13.0. The van der Waals surface area contributed by atoms with Gasteiger partial charge in [-0.3, -0.25) is 0 Å². The summed E-state index contributed by atoms with van der Waals surface area (Å²) in [5.41, 5.74) is 0.238. The van der Waals surface area contributed by atoms with Crippen LogP contribution in [0.1, 0.15) is 29.8 Å². The number of rotatable bonds is 4. The highest BCUT2D eigenvalue weighted by atomic mass is 32.1. The van der Waals surface area contributed by atoms with Crippen LogP contribution in [0.5, 0.6) is 0 Å². The third kappa shape index (κ3) is 3.13. The molecule has 4 rings (SSSR count). The van der Waals surface area contributed by atoms with Gasteiger partial charge in [0.05, 0.1) is 10.6 Å². The Morgan fingerprint density at radius 2 is 2.04 bits per heavy atom. The number of nitrogens with zero attached hydrogens (tertiary/aromatic N) is 1. The third-order valence-electron chi connectivity index (χ3n) is 4.11. The molecule has 2 aromatic heterocycles. The molecule has 1 saturated carbocycles. The first-order chi connectivity index (χ1) is 11.0. The van der Waals surface area contributed by atoms with Crippen molar-refractivity contribution in [3.05, 3.63) is 40.2 Å². The van der Waals surface area contributed by atoms with Gasteiger partial charge in [0.2, 0.25) is 0 Å². The molecule has 6 heteroatoms. The summed E-state index contributed by atoms with van der Waals surface area (Å²) < 4.78 is 43.8. The van der Waals surface area contributed by atoms with E-state index in [-0.39, 0.29) is 5.58 Å². The lowest BCUT2D eigenvalue weighted by molar-refractivity contribution is -0.137. The zero-order valence-electron chi connectivity index (χ0n) is 12.2. The van der Waals surface area contributed by atoms with Crippen LogP contribution in [0.15, 0.2) is 34.1 Å². The Morgan fingerprint density at radius 1 is 1.22 bits per heavy atom. The van der Waals surface area contributed by atoms with Gasteiger partial charge in [0, 0.05) is 10.8 Å². The number of hydrogen-bond donors (Lipinski definition) is 0. The van der Waals surface area contributed by atoms with E-state index < -0.39 is 11.7 Å². The molecule has 23 heavy (non-hydrogen) atoms. The molecule has 0 amide bonds. The van der Waals surface area contributed by atoms with Crippen LogP contribution in [0.4, 0.5) is 13.2 Å². The zero-order chi connectivity index (χ0) is 16.0. The minimum atomic E-state index is -4.36. The Morgan fingerprint density at radius 3 is 2.78 bits per heavy atom. The Balaban J connectivity index is 1.60. The van der Waals surface area contributed by atoms with Crippen molar-refractivity contribution in [1.82, 2.24) is 4.98 Å². The van der Waals surface area contributed by atoms with E-state index in [9.17, 15) is 13.2 Å². The fourth-order valence-corrected chi connectivity index (χ4v) is 3.41. The molecular weight excluding hydrogens is 323 g/mol. The second-order valence-corrected chi connectivity index (χ2v) is 6.91. The van der Waals surface area contributed by atoms with E-state index in [2.05, 4.69) is 4.98 Å². The lowest BCUT2D eigenvalue weighted by Crippen LogP contribution is -2.03. The number of thiazole rings is 1. The predicted octanol–water partition coefficient (Wildman–Crippen LogP) is 5.92. The van der Waals surface area contributed by atoms with Gasteiger partial charge in [-0.1, -0.05) is 18.9 Å². The second kappa shape index (κ2) is 5.37. The van der Waals surface area contributed by atoms with Crippen LogP contribution in [-0.2, 0) is 12.6 Å². The standard InChI is InChI=1S/C17H14F3NOS/c18-17(19,20)12-5-4-11-7-15(22-14(11)8-12)13-9-23-16(21-13)6-3-10-1-2-10/h4-5,7-10H,1-3,6H2. The molecule has 2 nitrogen and oxygen atoms in total. The van der Waals surface area contributed by atoms with E-state index in [0.717, 1.165) is 29.5 Å². The predicted molar refractivity (Wildman–Crippen MR) is 83.4 cm³/mol. The van der Waals surface area contributed by atoms with Crippen LogP contribution >= 0.6 is 11.3 Å². The highest BCUT2D eigenvalue weighted by molar-refractivity contribution is 7.09. The number of aryl methyl sites for hydroxylation is 1. The molecule has 0 radical (unpaired) electrons. The molecular formula is C17H14F3NOS. The smallest absolute Gasteiger partial charge is 0.416 e. The van der Waals surface area contributed by atoms with Gasteiger partial charge in [0.15, 0.2) is 5.76 Å². The van der Waals surface area contributed by atoms with Crippen molar-refractivity contribution < 1.29 is 17.6 Å². The van der Waals surface area contributed by atoms with Crippen molar-refractivity contribution in [2.24, 2.45) is 5.92 Å². The molecule has 0 atom stereocenters. The van der Waals surface area contributed by atoms with Crippen molar-refractivity contribution in [3.63, 3.8) is 0 Å². The van der Waals surface area contributed by atoms with Crippen LogP contribution in [-0.4, -0.2) is 4.98 Å². The Kier molecular flexibility index (Phi) is 3.44. The first-order valence-electron chi connectivity index (χ1n) is 7.54. The molecule has 120 valence electrons. The van der Waals surface area contributed by atoms with E-state index >= 15 is 0 Å². The van der Waals surface area contributed by atoms with Crippen molar-refractivity contribution in [2.45, 2.75) is 31.9 Å². The minimum Gasteiger partial charge on any atom is -0.454 e. The van der Waals surface area contributed by atoms with Gasteiger partial charge < -0.3 is 4.42 Å². The quantitative estimate of drug-likeness (QED) is 0.591. The van der Waals surface area contributed by atoms with Gasteiger partial charge in [-0.05, 0) is 37.0 Å². The highest BCUT2D eigenvalue weighted by Gasteiger charge is 2.31. The maximum absolute atomic E-state index is 12.8. The monoisotopic (exact) mass is 337 g/mol. The summed E-state index contributed by atoms with van der Waals surface area (Å²) in [6.45, 7) is 0. The van der Waals surface area contributed by atoms with Crippen LogP contribution in [0.25, 0.3) is 22.4 Å². The molecule has 0 bridgehead atoms. The Labute approximate surface area is 135 Å². The van der Waals surface area contributed by atoms with E-state index in [1.165, 1.54) is 25.3 Å². The molecule has 0 N–H and O–H groups in total. The second-order valence-electron chi connectivity index (χ2n) is 5.97. The summed E-state index contributed by atoms with van der Waals surface area (Å²) in [5, 5.41) is 3.62. The largest absolute Gasteiger partial charge is 0.454 e. The summed E-state index contributed by atoms with van der Waals surface area (Å²) in [6, 6.07) is 5.30. The maximum Gasteiger partial charge on any atom is 0.416 e. The lowest BCUT2D eigenvalue weighted by atomic mass is 10.1. The summed E-state index contributed by atoms with van der Waals surface area (Å²) in [6.07, 6.45) is 0.417. The molecule has 0 aliphatic heterocycles. The van der Waals surface area contributed by atoms with E-state index in [1.54, 1.807) is 17.4 Å². The molecule has 1 aromatic carbocycles.